The number of morpholine rings is 1. The van der Waals surface area contributed by atoms with Crippen LogP contribution in [0.2, 0.25) is 0 Å². The zero-order chi connectivity index (χ0) is 14.4. The summed E-state index contributed by atoms with van der Waals surface area (Å²) >= 11 is 0. The predicted molar refractivity (Wildman–Crippen MR) is 84.7 cm³/mol. The molecule has 6 heteroatoms. The molecule has 2 saturated heterocycles. The first kappa shape index (κ1) is 18.7. The van der Waals surface area contributed by atoms with E-state index in [1.54, 1.807) is 0 Å². The molecular formula is C15H29ClN2O3. The number of rotatable bonds is 5. The van der Waals surface area contributed by atoms with E-state index >= 15 is 0 Å². The molecule has 0 radical (unpaired) electrons. The summed E-state index contributed by atoms with van der Waals surface area (Å²) in [6, 6.07) is 0. The first-order valence-electron chi connectivity index (χ1n) is 7.94. The third kappa shape index (κ3) is 6.10. The minimum Gasteiger partial charge on any atom is -0.392 e. The molecule has 0 spiro atoms. The first-order chi connectivity index (χ1) is 9.66. The number of piperidine rings is 1. The van der Waals surface area contributed by atoms with Gasteiger partial charge in [0.1, 0.15) is 0 Å². The summed E-state index contributed by atoms with van der Waals surface area (Å²) in [5.74, 6) is 0.0545. The molecule has 124 valence electrons. The number of ether oxygens (including phenoxy) is 1. The van der Waals surface area contributed by atoms with Crippen LogP contribution >= 0.6 is 12.4 Å². The van der Waals surface area contributed by atoms with Crippen molar-refractivity contribution in [1.82, 2.24) is 9.80 Å². The van der Waals surface area contributed by atoms with Gasteiger partial charge in [-0.25, -0.2) is 0 Å². The molecule has 0 aliphatic carbocycles. The average Bonchev–Trinajstić information content (AvgIpc) is 2.48. The molecule has 2 aliphatic rings. The fourth-order valence-electron chi connectivity index (χ4n) is 3.12. The molecule has 5 nitrogen and oxygen atoms in total. The van der Waals surface area contributed by atoms with Crippen molar-refractivity contribution in [3.05, 3.63) is 0 Å². The molecule has 0 aromatic carbocycles. The number of β-amino-alcohol motifs (C(OH)–C–C–N with tert-alkyl or cyclic N) is 1. The Morgan fingerprint density at radius 2 is 1.76 bits per heavy atom. The van der Waals surface area contributed by atoms with Crippen LogP contribution in [-0.2, 0) is 9.53 Å². The van der Waals surface area contributed by atoms with Gasteiger partial charge in [0.05, 0.1) is 19.3 Å². The Morgan fingerprint density at radius 1 is 1.14 bits per heavy atom. The van der Waals surface area contributed by atoms with Gasteiger partial charge in [-0.15, -0.1) is 12.4 Å². The van der Waals surface area contributed by atoms with Crippen LogP contribution in [0.3, 0.4) is 0 Å². The number of halogens is 1. The summed E-state index contributed by atoms with van der Waals surface area (Å²) in [5.41, 5.74) is 0. The lowest BCUT2D eigenvalue weighted by atomic mass is 10.0. The lowest BCUT2D eigenvalue weighted by molar-refractivity contribution is -0.140. The lowest BCUT2D eigenvalue weighted by Crippen LogP contribution is -2.44. The van der Waals surface area contributed by atoms with Crippen LogP contribution in [-0.4, -0.2) is 72.9 Å². The maximum absolute atomic E-state index is 12.3. The second-order valence-corrected chi connectivity index (χ2v) is 6.09. The number of carbonyl (C=O) groups is 1. The van der Waals surface area contributed by atoms with Crippen LogP contribution < -0.4 is 0 Å². The Labute approximate surface area is 134 Å². The maximum Gasteiger partial charge on any atom is 0.225 e. The van der Waals surface area contributed by atoms with Crippen molar-refractivity contribution in [3.63, 3.8) is 0 Å². The standard InChI is InChI=1S/C15H28N2O3.ClH/c1-13(15(19)17-7-9-20-10-8-17)11-14(18)12-16-5-3-2-4-6-16;/h13-14,18H,2-12H2,1H3;1H. The number of nitrogens with zero attached hydrogens (tertiary/aromatic N) is 2. The number of hydrogen-bond donors (Lipinski definition) is 1. The summed E-state index contributed by atoms with van der Waals surface area (Å²) in [6.45, 7) is 7.45. The van der Waals surface area contributed by atoms with Gasteiger partial charge in [-0.3, -0.25) is 4.79 Å². The van der Waals surface area contributed by atoms with Gasteiger partial charge in [0.2, 0.25) is 5.91 Å². The Kier molecular flexibility index (Phi) is 8.56. The molecule has 0 bridgehead atoms. The molecule has 21 heavy (non-hydrogen) atoms. The van der Waals surface area contributed by atoms with Crippen LogP contribution in [0.4, 0.5) is 0 Å². The van der Waals surface area contributed by atoms with Gasteiger partial charge in [-0.05, 0) is 32.4 Å². The van der Waals surface area contributed by atoms with Crippen LogP contribution in [0, 0.1) is 5.92 Å². The second-order valence-electron chi connectivity index (χ2n) is 6.09. The van der Waals surface area contributed by atoms with Gasteiger partial charge in [0, 0.05) is 25.6 Å². The van der Waals surface area contributed by atoms with E-state index in [1.807, 2.05) is 11.8 Å². The minimum absolute atomic E-state index is 0. The first-order valence-corrected chi connectivity index (χ1v) is 7.94. The van der Waals surface area contributed by atoms with E-state index in [4.69, 9.17) is 4.74 Å². The zero-order valence-corrected chi connectivity index (χ0v) is 13.8. The lowest BCUT2D eigenvalue weighted by Gasteiger charge is -2.31. The van der Waals surface area contributed by atoms with Crippen molar-refractivity contribution in [2.45, 2.75) is 38.7 Å². The van der Waals surface area contributed by atoms with E-state index in [0.29, 0.717) is 39.3 Å². The Morgan fingerprint density at radius 3 is 2.38 bits per heavy atom. The number of aliphatic hydroxyl groups excluding tert-OH is 1. The molecule has 2 aliphatic heterocycles. The molecule has 1 N–H and O–H groups in total. The highest BCUT2D eigenvalue weighted by atomic mass is 35.5. The number of likely N-dealkylation sites (tertiary alicyclic amines) is 1. The fraction of sp³-hybridized carbons (Fsp3) is 0.933. The molecule has 2 unspecified atom stereocenters. The molecular weight excluding hydrogens is 292 g/mol. The molecule has 0 aromatic heterocycles. The van der Waals surface area contributed by atoms with Crippen LogP contribution in [0.25, 0.3) is 0 Å². The van der Waals surface area contributed by atoms with Gasteiger partial charge >= 0.3 is 0 Å². The number of aliphatic hydroxyl groups is 1. The zero-order valence-electron chi connectivity index (χ0n) is 13.0. The SMILES string of the molecule is CC(CC(O)CN1CCCCC1)C(=O)N1CCOCC1.Cl. The van der Waals surface area contributed by atoms with Gasteiger partial charge < -0.3 is 19.6 Å². The summed E-state index contributed by atoms with van der Waals surface area (Å²) in [7, 11) is 0. The van der Waals surface area contributed by atoms with E-state index in [2.05, 4.69) is 4.90 Å². The van der Waals surface area contributed by atoms with E-state index in [9.17, 15) is 9.90 Å². The Balaban J connectivity index is 0.00000220. The largest absolute Gasteiger partial charge is 0.392 e. The monoisotopic (exact) mass is 320 g/mol. The van der Waals surface area contributed by atoms with Gasteiger partial charge in [0.15, 0.2) is 0 Å². The van der Waals surface area contributed by atoms with Gasteiger partial charge in [-0.1, -0.05) is 13.3 Å². The van der Waals surface area contributed by atoms with E-state index in [-0.39, 0.29) is 24.2 Å². The van der Waals surface area contributed by atoms with Crippen LogP contribution in [0.5, 0.6) is 0 Å². The summed E-state index contributed by atoms with van der Waals surface area (Å²) < 4.78 is 5.26. The molecule has 2 fully saturated rings. The van der Waals surface area contributed by atoms with E-state index in [1.165, 1.54) is 19.3 Å². The predicted octanol–water partition coefficient (Wildman–Crippen LogP) is 1.14. The highest BCUT2D eigenvalue weighted by Crippen LogP contribution is 2.15. The fourth-order valence-corrected chi connectivity index (χ4v) is 3.12. The summed E-state index contributed by atoms with van der Waals surface area (Å²) in [4.78, 5) is 16.5. The van der Waals surface area contributed by atoms with Crippen molar-refractivity contribution >= 4 is 18.3 Å². The summed E-state index contributed by atoms with van der Waals surface area (Å²) in [5, 5.41) is 10.2. The smallest absolute Gasteiger partial charge is 0.225 e. The van der Waals surface area contributed by atoms with E-state index < -0.39 is 6.10 Å². The third-order valence-electron chi connectivity index (χ3n) is 4.29. The Bertz CT molecular complexity index is 305. The van der Waals surface area contributed by atoms with Crippen molar-refractivity contribution < 1.29 is 14.6 Å². The van der Waals surface area contributed by atoms with Crippen LogP contribution in [0.1, 0.15) is 32.6 Å². The highest BCUT2D eigenvalue weighted by Gasteiger charge is 2.25. The maximum atomic E-state index is 12.3. The van der Waals surface area contributed by atoms with Gasteiger partial charge in [-0.2, -0.15) is 0 Å². The normalized spacial score (nSPS) is 23.2. The topological polar surface area (TPSA) is 53.0 Å². The van der Waals surface area contributed by atoms with Crippen molar-refractivity contribution in [3.8, 4) is 0 Å². The molecule has 1 amide bonds. The molecule has 0 saturated carbocycles. The quantitative estimate of drug-likeness (QED) is 0.825. The van der Waals surface area contributed by atoms with E-state index in [0.717, 1.165) is 13.1 Å². The number of amides is 1. The molecule has 2 heterocycles. The minimum atomic E-state index is -0.395. The van der Waals surface area contributed by atoms with Crippen LogP contribution in [0.15, 0.2) is 0 Å². The third-order valence-corrected chi connectivity index (χ3v) is 4.29. The van der Waals surface area contributed by atoms with Crippen molar-refractivity contribution in [2.75, 3.05) is 45.9 Å². The molecule has 2 atom stereocenters. The van der Waals surface area contributed by atoms with Crippen molar-refractivity contribution in [1.29, 1.82) is 0 Å². The van der Waals surface area contributed by atoms with Gasteiger partial charge in [0.25, 0.3) is 0 Å². The second kappa shape index (κ2) is 9.62. The van der Waals surface area contributed by atoms with Crippen molar-refractivity contribution in [2.24, 2.45) is 5.92 Å². The average molecular weight is 321 g/mol. The Hall–Kier alpha value is -0.360. The highest BCUT2D eigenvalue weighted by molar-refractivity contribution is 5.85. The number of hydrogen-bond acceptors (Lipinski definition) is 4. The molecule has 2 rings (SSSR count). The summed E-state index contributed by atoms with van der Waals surface area (Å²) in [6.07, 6.45) is 3.93. The molecule has 0 aromatic rings. The number of carbonyl (C=O) groups excluding carboxylic acids is 1.